The number of hydrogen-bond acceptors (Lipinski definition) is 2. The standard InChI is InChI=1S/C10H20N2/c11-10-4-6-12(7-5-10)8-9-2-1-3-9/h9-10H,1-8,11H2. The molecule has 0 atom stereocenters. The zero-order valence-corrected chi connectivity index (χ0v) is 7.84. The van der Waals surface area contributed by atoms with Crippen LogP contribution in [0.3, 0.4) is 0 Å². The highest BCUT2D eigenvalue weighted by molar-refractivity contribution is 4.78. The number of piperidine rings is 1. The highest BCUT2D eigenvalue weighted by atomic mass is 15.1. The molecule has 1 aliphatic heterocycles. The number of nitrogens with two attached hydrogens (primary N) is 1. The van der Waals surface area contributed by atoms with Crippen LogP contribution in [0.2, 0.25) is 0 Å². The minimum Gasteiger partial charge on any atom is -0.328 e. The second-order valence-electron chi connectivity index (χ2n) is 4.43. The van der Waals surface area contributed by atoms with Gasteiger partial charge in [0.2, 0.25) is 0 Å². The van der Waals surface area contributed by atoms with Crippen molar-refractivity contribution in [1.29, 1.82) is 0 Å². The third-order valence-corrected chi connectivity index (χ3v) is 3.37. The maximum Gasteiger partial charge on any atom is 0.00631 e. The van der Waals surface area contributed by atoms with Crippen LogP contribution in [0, 0.1) is 5.92 Å². The number of likely N-dealkylation sites (tertiary alicyclic amines) is 1. The molecular weight excluding hydrogens is 148 g/mol. The normalized spacial score (nSPS) is 28.8. The van der Waals surface area contributed by atoms with Gasteiger partial charge >= 0.3 is 0 Å². The molecule has 0 aromatic heterocycles. The molecule has 1 heterocycles. The van der Waals surface area contributed by atoms with Crippen molar-refractivity contribution in [2.24, 2.45) is 11.7 Å². The second kappa shape index (κ2) is 3.75. The molecule has 2 N–H and O–H groups in total. The van der Waals surface area contributed by atoms with Crippen molar-refractivity contribution >= 4 is 0 Å². The van der Waals surface area contributed by atoms with E-state index in [2.05, 4.69) is 4.90 Å². The molecule has 1 aliphatic carbocycles. The average molecular weight is 168 g/mol. The average Bonchev–Trinajstić information content (AvgIpc) is 2.00. The summed E-state index contributed by atoms with van der Waals surface area (Å²) in [6.07, 6.45) is 6.85. The Balaban J connectivity index is 1.67. The molecular formula is C10H20N2. The molecule has 0 aromatic rings. The smallest absolute Gasteiger partial charge is 0.00631 e. The fraction of sp³-hybridized carbons (Fsp3) is 1.00. The first-order chi connectivity index (χ1) is 5.84. The molecule has 2 aliphatic rings. The maximum absolute atomic E-state index is 5.85. The van der Waals surface area contributed by atoms with Crippen molar-refractivity contribution in [2.45, 2.75) is 38.1 Å². The van der Waals surface area contributed by atoms with Gasteiger partial charge in [-0.15, -0.1) is 0 Å². The quantitative estimate of drug-likeness (QED) is 0.671. The van der Waals surface area contributed by atoms with E-state index in [0.29, 0.717) is 6.04 Å². The first kappa shape index (κ1) is 8.52. The largest absolute Gasteiger partial charge is 0.328 e. The van der Waals surface area contributed by atoms with Gasteiger partial charge in [0.25, 0.3) is 0 Å². The Morgan fingerprint density at radius 3 is 2.25 bits per heavy atom. The van der Waals surface area contributed by atoms with Gasteiger partial charge in [-0.3, -0.25) is 0 Å². The minimum absolute atomic E-state index is 0.489. The summed E-state index contributed by atoms with van der Waals surface area (Å²) >= 11 is 0. The first-order valence-electron chi connectivity index (χ1n) is 5.32. The van der Waals surface area contributed by atoms with Crippen LogP contribution in [0.1, 0.15) is 32.1 Å². The van der Waals surface area contributed by atoms with E-state index in [1.807, 2.05) is 0 Å². The van der Waals surface area contributed by atoms with Gasteiger partial charge in [-0.1, -0.05) is 6.42 Å². The molecule has 12 heavy (non-hydrogen) atoms. The maximum atomic E-state index is 5.85. The van der Waals surface area contributed by atoms with Crippen LogP contribution in [0.15, 0.2) is 0 Å². The summed E-state index contributed by atoms with van der Waals surface area (Å²) in [6, 6.07) is 0.489. The minimum atomic E-state index is 0.489. The van der Waals surface area contributed by atoms with Crippen molar-refractivity contribution in [2.75, 3.05) is 19.6 Å². The zero-order valence-electron chi connectivity index (χ0n) is 7.84. The van der Waals surface area contributed by atoms with Gasteiger partial charge in [0.15, 0.2) is 0 Å². The highest BCUT2D eigenvalue weighted by Gasteiger charge is 2.23. The summed E-state index contributed by atoms with van der Waals surface area (Å²) in [5.74, 6) is 1.03. The van der Waals surface area contributed by atoms with Crippen LogP contribution in [0.25, 0.3) is 0 Å². The summed E-state index contributed by atoms with van der Waals surface area (Å²) in [6.45, 7) is 3.85. The molecule has 2 fully saturated rings. The topological polar surface area (TPSA) is 29.3 Å². The molecule has 2 heteroatoms. The number of rotatable bonds is 2. The lowest BCUT2D eigenvalue weighted by atomic mass is 9.84. The van der Waals surface area contributed by atoms with Crippen molar-refractivity contribution in [3.8, 4) is 0 Å². The summed E-state index contributed by atoms with van der Waals surface area (Å²) in [7, 11) is 0. The molecule has 0 amide bonds. The number of nitrogens with zero attached hydrogens (tertiary/aromatic N) is 1. The summed E-state index contributed by atoms with van der Waals surface area (Å²) in [5.41, 5.74) is 5.85. The Morgan fingerprint density at radius 2 is 1.75 bits per heavy atom. The molecule has 0 radical (unpaired) electrons. The molecule has 0 spiro atoms. The molecule has 1 saturated carbocycles. The zero-order chi connectivity index (χ0) is 8.39. The van der Waals surface area contributed by atoms with E-state index in [4.69, 9.17) is 5.73 Å². The Hall–Kier alpha value is -0.0800. The predicted octanol–water partition coefficient (Wildman–Crippen LogP) is 1.21. The summed E-state index contributed by atoms with van der Waals surface area (Å²) in [4.78, 5) is 2.60. The Morgan fingerprint density at radius 1 is 1.08 bits per heavy atom. The van der Waals surface area contributed by atoms with Crippen LogP contribution in [0.5, 0.6) is 0 Å². The number of hydrogen-bond donors (Lipinski definition) is 1. The lowest BCUT2D eigenvalue weighted by Crippen LogP contribution is -2.42. The van der Waals surface area contributed by atoms with Crippen LogP contribution >= 0.6 is 0 Å². The monoisotopic (exact) mass is 168 g/mol. The van der Waals surface area contributed by atoms with E-state index < -0.39 is 0 Å². The van der Waals surface area contributed by atoms with Gasteiger partial charge in [0, 0.05) is 12.6 Å². The van der Waals surface area contributed by atoms with Gasteiger partial charge in [0.05, 0.1) is 0 Å². The Labute approximate surface area is 75.1 Å². The Bertz CT molecular complexity index is 135. The summed E-state index contributed by atoms with van der Waals surface area (Å²) in [5, 5.41) is 0. The van der Waals surface area contributed by atoms with E-state index in [0.717, 1.165) is 5.92 Å². The molecule has 1 saturated heterocycles. The van der Waals surface area contributed by atoms with Crippen molar-refractivity contribution in [3.05, 3.63) is 0 Å². The first-order valence-corrected chi connectivity index (χ1v) is 5.32. The van der Waals surface area contributed by atoms with E-state index >= 15 is 0 Å². The van der Waals surface area contributed by atoms with Gasteiger partial charge in [-0.2, -0.15) is 0 Å². The second-order valence-corrected chi connectivity index (χ2v) is 4.43. The molecule has 2 rings (SSSR count). The Kier molecular flexibility index (Phi) is 2.66. The fourth-order valence-corrected chi connectivity index (χ4v) is 2.18. The van der Waals surface area contributed by atoms with Gasteiger partial charge in [-0.05, 0) is 44.7 Å². The van der Waals surface area contributed by atoms with E-state index in [9.17, 15) is 0 Å². The lowest BCUT2D eigenvalue weighted by Gasteiger charge is -2.36. The van der Waals surface area contributed by atoms with Crippen molar-refractivity contribution in [3.63, 3.8) is 0 Å². The summed E-state index contributed by atoms with van der Waals surface area (Å²) < 4.78 is 0. The van der Waals surface area contributed by atoms with E-state index in [1.165, 1.54) is 51.7 Å². The van der Waals surface area contributed by atoms with E-state index in [1.54, 1.807) is 0 Å². The van der Waals surface area contributed by atoms with Crippen LogP contribution in [-0.2, 0) is 0 Å². The van der Waals surface area contributed by atoms with Crippen molar-refractivity contribution < 1.29 is 0 Å². The van der Waals surface area contributed by atoms with E-state index in [-0.39, 0.29) is 0 Å². The van der Waals surface area contributed by atoms with Crippen molar-refractivity contribution in [1.82, 2.24) is 4.90 Å². The fourth-order valence-electron chi connectivity index (χ4n) is 2.18. The molecule has 0 aromatic carbocycles. The third kappa shape index (κ3) is 1.99. The lowest BCUT2D eigenvalue weighted by molar-refractivity contribution is 0.147. The molecule has 2 nitrogen and oxygen atoms in total. The van der Waals surface area contributed by atoms with Crippen LogP contribution in [-0.4, -0.2) is 30.6 Å². The molecule has 0 bridgehead atoms. The third-order valence-electron chi connectivity index (χ3n) is 3.37. The van der Waals surface area contributed by atoms with Crippen LogP contribution in [0.4, 0.5) is 0 Å². The molecule has 0 unspecified atom stereocenters. The molecule has 70 valence electrons. The highest BCUT2D eigenvalue weighted by Crippen LogP contribution is 2.27. The van der Waals surface area contributed by atoms with Gasteiger partial charge < -0.3 is 10.6 Å². The van der Waals surface area contributed by atoms with Gasteiger partial charge in [-0.25, -0.2) is 0 Å². The predicted molar refractivity (Wildman–Crippen MR) is 51.0 cm³/mol. The SMILES string of the molecule is NC1CCN(CC2CCC2)CC1. The van der Waals surface area contributed by atoms with Crippen LogP contribution < -0.4 is 5.73 Å². The van der Waals surface area contributed by atoms with Gasteiger partial charge in [0.1, 0.15) is 0 Å².